The Labute approximate surface area is 134 Å². The highest BCUT2D eigenvalue weighted by molar-refractivity contribution is 6.22. The largest absolute Gasteiger partial charge is 0.274 e. The zero-order valence-electron chi connectivity index (χ0n) is 12.6. The number of hydrogen-bond donors (Lipinski definition) is 0. The first-order valence-corrected chi connectivity index (χ1v) is 7.84. The first kappa shape index (κ1) is 13.9. The van der Waals surface area contributed by atoms with Crippen LogP contribution in [-0.4, -0.2) is 11.8 Å². The molecule has 1 fully saturated rings. The molecule has 2 aromatic rings. The molecule has 0 N–H and O–H groups in total. The summed E-state index contributed by atoms with van der Waals surface area (Å²) in [7, 11) is 0. The minimum absolute atomic E-state index is 0.0699. The summed E-state index contributed by atoms with van der Waals surface area (Å²) in [6, 6.07) is 15.1. The number of hydrogen-bond acceptors (Lipinski definition) is 2. The monoisotopic (exact) mass is 305 g/mol. The predicted molar refractivity (Wildman–Crippen MR) is 86.1 cm³/mol. The van der Waals surface area contributed by atoms with Crippen molar-refractivity contribution in [2.45, 2.75) is 12.8 Å². The van der Waals surface area contributed by atoms with Gasteiger partial charge in [-0.2, -0.15) is 4.57 Å². The molecule has 1 aromatic heterocycles. The SMILES string of the molecule is O=C1[C@H]2CC([n+]3ccccc3)=CC[C@H]2C(=O)N1c1ccccc1. The second kappa shape index (κ2) is 5.47. The lowest BCUT2D eigenvalue weighted by atomic mass is 9.83. The number of allylic oxidation sites excluding steroid dienone is 2. The molecule has 1 aromatic carbocycles. The Kier molecular flexibility index (Phi) is 3.30. The number of rotatable bonds is 2. The summed E-state index contributed by atoms with van der Waals surface area (Å²) in [4.78, 5) is 26.8. The molecule has 23 heavy (non-hydrogen) atoms. The molecule has 0 radical (unpaired) electrons. The van der Waals surface area contributed by atoms with Gasteiger partial charge < -0.3 is 0 Å². The number of pyridine rings is 1. The van der Waals surface area contributed by atoms with Crippen LogP contribution in [0.15, 0.2) is 67.0 Å². The third kappa shape index (κ3) is 2.27. The van der Waals surface area contributed by atoms with E-state index in [9.17, 15) is 9.59 Å². The molecular formula is C19H17N2O2+. The average molecular weight is 305 g/mol. The van der Waals surface area contributed by atoms with E-state index in [0.717, 1.165) is 5.70 Å². The fraction of sp³-hybridized carbons (Fsp3) is 0.211. The Morgan fingerprint density at radius 2 is 1.52 bits per heavy atom. The summed E-state index contributed by atoms with van der Waals surface area (Å²) in [5.74, 6) is -0.626. The van der Waals surface area contributed by atoms with Gasteiger partial charge in [-0.05, 0) is 24.6 Å². The van der Waals surface area contributed by atoms with E-state index in [2.05, 4.69) is 6.08 Å². The van der Waals surface area contributed by atoms with Gasteiger partial charge in [0.05, 0.1) is 17.5 Å². The number of carbonyl (C=O) groups excluding carboxylic acids is 2. The van der Waals surface area contributed by atoms with E-state index >= 15 is 0 Å². The van der Waals surface area contributed by atoms with Gasteiger partial charge in [0.15, 0.2) is 18.1 Å². The molecule has 2 atom stereocenters. The standard InChI is InChI=1S/C19H17N2O2/c22-18-16-10-9-15(20-11-5-2-6-12-20)13-17(16)19(23)21(18)14-7-3-1-4-8-14/h1-9,11-12,16-17H,10,13H2/q+1/t16-,17+/m1/s1. The number of carbonyl (C=O) groups is 2. The Hall–Kier alpha value is -2.75. The van der Waals surface area contributed by atoms with Gasteiger partial charge >= 0.3 is 0 Å². The van der Waals surface area contributed by atoms with Crippen LogP contribution in [-0.2, 0) is 9.59 Å². The molecule has 4 rings (SSSR count). The molecule has 2 heterocycles. The Morgan fingerprint density at radius 1 is 0.870 bits per heavy atom. The van der Waals surface area contributed by atoms with Gasteiger partial charge in [0.1, 0.15) is 0 Å². The van der Waals surface area contributed by atoms with Crippen molar-refractivity contribution in [2.75, 3.05) is 4.90 Å². The van der Waals surface area contributed by atoms with E-state index in [0.29, 0.717) is 18.5 Å². The summed E-state index contributed by atoms with van der Waals surface area (Å²) in [6.45, 7) is 0. The molecule has 2 amide bonds. The van der Waals surface area contributed by atoms with Gasteiger partial charge in [-0.1, -0.05) is 24.3 Å². The molecular weight excluding hydrogens is 288 g/mol. The number of fused-ring (bicyclic) bond motifs is 1. The normalized spacial score (nSPS) is 23.7. The molecule has 114 valence electrons. The quantitative estimate of drug-likeness (QED) is 0.631. The van der Waals surface area contributed by atoms with E-state index in [-0.39, 0.29) is 23.7 Å². The highest BCUT2D eigenvalue weighted by Gasteiger charge is 2.50. The first-order chi connectivity index (χ1) is 11.3. The van der Waals surface area contributed by atoms with E-state index < -0.39 is 0 Å². The molecule has 1 saturated heterocycles. The second-order valence-corrected chi connectivity index (χ2v) is 5.98. The Bertz CT molecular complexity index is 784. The molecule has 2 aliphatic rings. The van der Waals surface area contributed by atoms with E-state index in [1.807, 2.05) is 65.5 Å². The van der Waals surface area contributed by atoms with Crippen LogP contribution in [0.5, 0.6) is 0 Å². The topological polar surface area (TPSA) is 41.3 Å². The van der Waals surface area contributed by atoms with Gasteiger partial charge in [-0.15, -0.1) is 0 Å². The number of nitrogens with zero attached hydrogens (tertiary/aromatic N) is 2. The smallest absolute Gasteiger partial charge is 0.238 e. The van der Waals surface area contributed by atoms with E-state index in [1.54, 1.807) is 0 Å². The van der Waals surface area contributed by atoms with Crippen molar-refractivity contribution in [3.63, 3.8) is 0 Å². The third-order valence-electron chi connectivity index (χ3n) is 4.66. The van der Waals surface area contributed by atoms with Crippen LogP contribution < -0.4 is 9.47 Å². The van der Waals surface area contributed by atoms with E-state index in [1.165, 1.54) is 4.90 Å². The third-order valence-corrected chi connectivity index (χ3v) is 4.66. The zero-order chi connectivity index (χ0) is 15.8. The van der Waals surface area contributed by atoms with Crippen LogP contribution >= 0.6 is 0 Å². The van der Waals surface area contributed by atoms with Crippen LogP contribution in [0, 0.1) is 11.8 Å². The lowest BCUT2D eigenvalue weighted by Crippen LogP contribution is -2.36. The summed E-state index contributed by atoms with van der Waals surface area (Å²) in [6.07, 6.45) is 7.26. The van der Waals surface area contributed by atoms with Crippen molar-refractivity contribution >= 4 is 23.2 Å². The maximum atomic E-state index is 12.8. The number of amides is 2. The van der Waals surface area contributed by atoms with Gasteiger partial charge in [-0.25, -0.2) is 0 Å². The van der Waals surface area contributed by atoms with Gasteiger partial charge in [-0.3, -0.25) is 14.5 Å². The summed E-state index contributed by atoms with van der Waals surface area (Å²) < 4.78 is 2.03. The van der Waals surface area contributed by atoms with Crippen molar-refractivity contribution < 1.29 is 14.2 Å². The summed E-state index contributed by atoms with van der Waals surface area (Å²) >= 11 is 0. The molecule has 1 aliphatic carbocycles. The Balaban J connectivity index is 1.64. The number of para-hydroxylation sites is 1. The number of benzene rings is 1. The fourth-order valence-electron chi connectivity index (χ4n) is 3.48. The molecule has 4 heteroatoms. The molecule has 1 aliphatic heterocycles. The van der Waals surface area contributed by atoms with Crippen LogP contribution in [0.4, 0.5) is 5.69 Å². The van der Waals surface area contributed by atoms with Crippen LogP contribution in [0.25, 0.3) is 5.70 Å². The van der Waals surface area contributed by atoms with Crippen LogP contribution in [0.1, 0.15) is 12.8 Å². The molecule has 0 unspecified atom stereocenters. The van der Waals surface area contributed by atoms with Crippen LogP contribution in [0.3, 0.4) is 0 Å². The predicted octanol–water partition coefficient (Wildman–Crippen LogP) is 2.41. The molecule has 0 bridgehead atoms. The summed E-state index contributed by atoms with van der Waals surface area (Å²) in [5, 5.41) is 0. The minimum atomic E-state index is -0.254. The number of imide groups is 1. The maximum absolute atomic E-state index is 12.8. The van der Waals surface area contributed by atoms with Crippen molar-refractivity contribution in [3.05, 3.63) is 67.0 Å². The average Bonchev–Trinajstić information content (AvgIpc) is 2.87. The lowest BCUT2D eigenvalue weighted by molar-refractivity contribution is -0.584. The number of anilines is 1. The molecule has 4 nitrogen and oxygen atoms in total. The molecule has 0 saturated carbocycles. The van der Waals surface area contributed by atoms with Crippen molar-refractivity contribution in [1.29, 1.82) is 0 Å². The number of aromatic nitrogens is 1. The lowest BCUT2D eigenvalue weighted by Gasteiger charge is -2.17. The second-order valence-electron chi connectivity index (χ2n) is 5.98. The minimum Gasteiger partial charge on any atom is -0.274 e. The fourth-order valence-corrected chi connectivity index (χ4v) is 3.48. The van der Waals surface area contributed by atoms with Gasteiger partial charge in [0.25, 0.3) is 0 Å². The maximum Gasteiger partial charge on any atom is 0.238 e. The summed E-state index contributed by atoms with van der Waals surface area (Å²) in [5.41, 5.74) is 1.76. The highest BCUT2D eigenvalue weighted by atomic mass is 16.2. The highest BCUT2D eigenvalue weighted by Crippen LogP contribution is 2.39. The zero-order valence-corrected chi connectivity index (χ0v) is 12.6. The van der Waals surface area contributed by atoms with Gasteiger partial charge in [0, 0.05) is 18.6 Å². The van der Waals surface area contributed by atoms with Crippen molar-refractivity contribution in [2.24, 2.45) is 11.8 Å². The van der Waals surface area contributed by atoms with E-state index in [4.69, 9.17) is 0 Å². The van der Waals surface area contributed by atoms with Gasteiger partial charge in [0.2, 0.25) is 11.8 Å². The van der Waals surface area contributed by atoms with Crippen molar-refractivity contribution in [1.82, 2.24) is 0 Å². The van der Waals surface area contributed by atoms with Crippen molar-refractivity contribution in [3.8, 4) is 0 Å². The van der Waals surface area contributed by atoms with Crippen LogP contribution in [0.2, 0.25) is 0 Å². The Morgan fingerprint density at radius 3 is 2.26 bits per heavy atom. The first-order valence-electron chi connectivity index (χ1n) is 7.84. The molecule has 0 spiro atoms.